The third-order valence-corrected chi connectivity index (χ3v) is 2.74. The third-order valence-electron chi connectivity index (χ3n) is 2.74. The van der Waals surface area contributed by atoms with Crippen molar-refractivity contribution in [2.45, 2.75) is 13.5 Å². The van der Waals surface area contributed by atoms with Gasteiger partial charge in [0.15, 0.2) is 0 Å². The Morgan fingerprint density at radius 3 is 2.72 bits per heavy atom. The summed E-state index contributed by atoms with van der Waals surface area (Å²) in [6, 6.07) is 8.24. The minimum absolute atomic E-state index is 0.176. The van der Waals surface area contributed by atoms with Gasteiger partial charge in [-0.3, -0.25) is 4.79 Å². The maximum atomic E-state index is 13.1. The number of carbonyl (C=O) groups excluding carboxylic acids is 1. The summed E-state index contributed by atoms with van der Waals surface area (Å²) in [6.45, 7) is 2.91. The molecule has 4 heteroatoms. The second-order valence-electron chi connectivity index (χ2n) is 4.14. The summed E-state index contributed by atoms with van der Waals surface area (Å²) in [5, 5.41) is 2.80. The average molecular weight is 246 g/mol. The molecule has 0 unspecified atom stereocenters. The second-order valence-corrected chi connectivity index (χ2v) is 4.14. The van der Waals surface area contributed by atoms with Gasteiger partial charge in [-0.25, -0.2) is 4.39 Å². The number of hydrogen-bond acceptors (Lipinski definition) is 1. The monoisotopic (exact) mass is 246 g/mol. The Morgan fingerprint density at radius 1 is 1.33 bits per heavy atom. The normalized spacial score (nSPS) is 10.3. The first-order valence-corrected chi connectivity index (χ1v) is 5.82. The van der Waals surface area contributed by atoms with E-state index in [1.165, 1.54) is 12.1 Å². The van der Waals surface area contributed by atoms with Crippen molar-refractivity contribution < 1.29 is 9.18 Å². The number of benzene rings is 1. The van der Waals surface area contributed by atoms with Crippen molar-refractivity contribution in [1.29, 1.82) is 0 Å². The first-order valence-electron chi connectivity index (χ1n) is 5.82. The van der Waals surface area contributed by atoms with Crippen LogP contribution in [0.5, 0.6) is 0 Å². The molecule has 0 spiro atoms. The molecule has 94 valence electrons. The van der Waals surface area contributed by atoms with E-state index in [1.807, 2.05) is 29.1 Å². The molecule has 1 aromatic heterocycles. The highest BCUT2D eigenvalue weighted by atomic mass is 19.1. The zero-order chi connectivity index (χ0) is 13.0. The number of rotatable bonds is 4. The Kier molecular flexibility index (Phi) is 3.77. The molecule has 0 saturated carbocycles. The number of nitrogens with one attached hydrogen (secondary N) is 1. The van der Waals surface area contributed by atoms with Crippen LogP contribution in [0.1, 0.15) is 15.9 Å². The molecule has 2 aromatic rings. The molecular formula is C14H15FN2O. The van der Waals surface area contributed by atoms with Gasteiger partial charge in [-0.1, -0.05) is 0 Å². The molecule has 0 fully saturated rings. The van der Waals surface area contributed by atoms with Crippen LogP contribution in [0, 0.1) is 12.7 Å². The predicted octanol–water partition coefficient (Wildman–Crippen LogP) is 2.37. The van der Waals surface area contributed by atoms with E-state index in [1.54, 1.807) is 13.0 Å². The first kappa shape index (κ1) is 12.4. The van der Waals surface area contributed by atoms with E-state index in [9.17, 15) is 9.18 Å². The van der Waals surface area contributed by atoms with Gasteiger partial charge in [0.1, 0.15) is 5.82 Å². The molecule has 0 aliphatic carbocycles. The molecule has 3 nitrogen and oxygen atoms in total. The molecular weight excluding hydrogens is 231 g/mol. The summed E-state index contributed by atoms with van der Waals surface area (Å²) in [4.78, 5) is 11.8. The van der Waals surface area contributed by atoms with Crippen molar-refractivity contribution in [3.63, 3.8) is 0 Å². The van der Waals surface area contributed by atoms with Crippen LogP contribution in [-0.2, 0) is 6.54 Å². The Balaban J connectivity index is 1.89. The number of aryl methyl sites for hydroxylation is 1. The zero-order valence-corrected chi connectivity index (χ0v) is 10.2. The highest BCUT2D eigenvalue weighted by Gasteiger charge is 2.06. The summed E-state index contributed by atoms with van der Waals surface area (Å²) < 4.78 is 15.0. The predicted molar refractivity (Wildman–Crippen MR) is 67.9 cm³/mol. The van der Waals surface area contributed by atoms with E-state index >= 15 is 0 Å². The number of hydrogen-bond donors (Lipinski definition) is 1. The molecule has 0 saturated heterocycles. The molecule has 0 bridgehead atoms. The van der Waals surface area contributed by atoms with E-state index in [0.29, 0.717) is 17.7 Å². The van der Waals surface area contributed by atoms with Crippen molar-refractivity contribution in [1.82, 2.24) is 9.88 Å². The molecule has 1 amide bonds. The SMILES string of the molecule is Cc1cc(C(=O)NCCn2cccc2)ccc1F. The standard InChI is InChI=1S/C14H15FN2O/c1-11-10-12(4-5-13(11)15)14(18)16-6-9-17-7-2-3-8-17/h2-5,7-8,10H,6,9H2,1H3,(H,16,18). The fraction of sp³-hybridized carbons (Fsp3) is 0.214. The van der Waals surface area contributed by atoms with Crippen LogP contribution in [0.4, 0.5) is 4.39 Å². The molecule has 0 aliphatic rings. The van der Waals surface area contributed by atoms with Gasteiger partial charge in [-0.15, -0.1) is 0 Å². The number of amides is 1. The number of halogens is 1. The van der Waals surface area contributed by atoms with Gasteiger partial charge in [-0.05, 0) is 42.8 Å². The smallest absolute Gasteiger partial charge is 0.251 e. The summed E-state index contributed by atoms with van der Waals surface area (Å²) in [5.74, 6) is -0.468. The molecule has 1 aromatic carbocycles. The highest BCUT2D eigenvalue weighted by molar-refractivity contribution is 5.94. The number of aromatic nitrogens is 1. The van der Waals surface area contributed by atoms with Gasteiger partial charge in [0, 0.05) is 31.0 Å². The Labute approximate surface area is 105 Å². The van der Waals surface area contributed by atoms with Gasteiger partial charge in [0.05, 0.1) is 0 Å². The van der Waals surface area contributed by atoms with Gasteiger partial charge >= 0.3 is 0 Å². The highest BCUT2D eigenvalue weighted by Crippen LogP contribution is 2.08. The largest absolute Gasteiger partial charge is 0.353 e. The second kappa shape index (κ2) is 5.49. The summed E-state index contributed by atoms with van der Waals surface area (Å²) in [6.07, 6.45) is 3.88. The molecule has 1 N–H and O–H groups in total. The number of carbonyl (C=O) groups is 1. The quantitative estimate of drug-likeness (QED) is 0.883. The Bertz CT molecular complexity index is 535. The summed E-state index contributed by atoms with van der Waals surface area (Å²) in [7, 11) is 0. The van der Waals surface area contributed by atoms with Gasteiger partial charge in [0.25, 0.3) is 5.91 Å². The van der Waals surface area contributed by atoms with Crippen LogP contribution < -0.4 is 5.32 Å². The van der Waals surface area contributed by atoms with E-state index in [0.717, 1.165) is 6.54 Å². The molecule has 0 aliphatic heterocycles. The molecule has 2 rings (SSSR count). The number of nitrogens with zero attached hydrogens (tertiary/aromatic N) is 1. The lowest BCUT2D eigenvalue weighted by Crippen LogP contribution is -2.27. The average Bonchev–Trinajstić information content (AvgIpc) is 2.85. The maximum Gasteiger partial charge on any atom is 0.251 e. The molecule has 1 heterocycles. The fourth-order valence-corrected chi connectivity index (χ4v) is 1.71. The fourth-order valence-electron chi connectivity index (χ4n) is 1.71. The van der Waals surface area contributed by atoms with Crippen molar-refractivity contribution >= 4 is 5.91 Å². The zero-order valence-electron chi connectivity index (χ0n) is 10.2. The third kappa shape index (κ3) is 2.97. The summed E-state index contributed by atoms with van der Waals surface area (Å²) >= 11 is 0. The molecule has 18 heavy (non-hydrogen) atoms. The molecule has 0 atom stereocenters. The lowest BCUT2D eigenvalue weighted by Gasteiger charge is -2.07. The van der Waals surface area contributed by atoms with Crippen LogP contribution >= 0.6 is 0 Å². The van der Waals surface area contributed by atoms with E-state index in [2.05, 4.69) is 5.32 Å². The van der Waals surface area contributed by atoms with Crippen molar-refractivity contribution in [2.24, 2.45) is 0 Å². The van der Waals surface area contributed by atoms with Crippen molar-refractivity contribution in [3.8, 4) is 0 Å². The van der Waals surface area contributed by atoms with Crippen LogP contribution in [0.2, 0.25) is 0 Å². The van der Waals surface area contributed by atoms with E-state index in [-0.39, 0.29) is 11.7 Å². The van der Waals surface area contributed by atoms with Gasteiger partial charge < -0.3 is 9.88 Å². The van der Waals surface area contributed by atoms with E-state index in [4.69, 9.17) is 0 Å². The van der Waals surface area contributed by atoms with Crippen molar-refractivity contribution in [2.75, 3.05) is 6.54 Å². The Morgan fingerprint density at radius 2 is 2.06 bits per heavy atom. The lowest BCUT2D eigenvalue weighted by molar-refractivity contribution is 0.0952. The van der Waals surface area contributed by atoms with Gasteiger partial charge in [0.2, 0.25) is 0 Å². The lowest BCUT2D eigenvalue weighted by atomic mass is 10.1. The Hall–Kier alpha value is -2.10. The minimum Gasteiger partial charge on any atom is -0.353 e. The van der Waals surface area contributed by atoms with Crippen LogP contribution in [0.15, 0.2) is 42.7 Å². The van der Waals surface area contributed by atoms with E-state index < -0.39 is 0 Å². The van der Waals surface area contributed by atoms with Crippen LogP contribution in [0.25, 0.3) is 0 Å². The van der Waals surface area contributed by atoms with Crippen molar-refractivity contribution in [3.05, 3.63) is 59.7 Å². The maximum absolute atomic E-state index is 13.1. The first-order chi connectivity index (χ1) is 8.66. The van der Waals surface area contributed by atoms with Gasteiger partial charge in [-0.2, -0.15) is 0 Å². The minimum atomic E-state index is -0.293. The van der Waals surface area contributed by atoms with Crippen LogP contribution in [-0.4, -0.2) is 17.0 Å². The molecule has 0 radical (unpaired) electrons. The van der Waals surface area contributed by atoms with Crippen LogP contribution in [0.3, 0.4) is 0 Å². The topological polar surface area (TPSA) is 34.0 Å². The summed E-state index contributed by atoms with van der Waals surface area (Å²) in [5.41, 5.74) is 0.967.